The van der Waals surface area contributed by atoms with Crippen molar-refractivity contribution in [3.8, 4) is 0 Å². The van der Waals surface area contributed by atoms with Gasteiger partial charge in [0.2, 0.25) is 0 Å². The number of benzene rings is 2. The molecule has 0 radical (unpaired) electrons. The average molecular weight is 527 g/mol. The number of halogens is 2. The van der Waals surface area contributed by atoms with E-state index in [1.54, 1.807) is 32.3 Å². The zero-order valence-electron chi connectivity index (χ0n) is 17.7. The first kappa shape index (κ1) is 25.7. The van der Waals surface area contributed by atoms with Crippen molar-refractivity contribution in [1.82, 2.24) is 16.0 Å². The predicted octanol–water partition coefficient (Wildman–Crippen LogP) is 3.04. The van der Waals surface area contributed by atoms with E-state index in [1.807, 2.05) is 36.2 Å². The second kappa shape index (κ2) is 13.8. The van der Waals surface area contributed by atoms with Gasteiger partial charge in [-0.15, -0.1) is 24.0 Å². The number of hydrogen-bond donors (Lipinski definition) is 3. The van der Waals surface area contributed by atoms with Gasteiger partial charge < -0.3 is 20.9 Å². The molecule has 0 spiro atoms. The van der Waals surface area contributed by atoms with Crippen molar-refractivity contribution in [2.24, 2.45) is 4.99 Å². The van der Waals surface area contributed by atoms with Gasteiger partial charge in [-0.3, -0.25) is 9.79 Å². The molecule has 164 valence electrons. The number of guanidine groups is 1. The molecule has 0 unspecified atom stereocenters. The number of nitrogens with zero attached hydrogens (tertiary/aromatic N) is 2. The Morgan fingerprint density at radius 1 is 1.10 bits per heavy atom. The molecule has 0 saturated heterocycles. The van der Waals surface area contributed by atoms with Crippen LogP contribution in [0.2, 0.25) is 0 Å². The van der Waals surface area contributed by atoms with Crippen LogP contribution in [0.1, 0.15) is 22.3 Å². The first-order chi connectivity index (χ1) is 14.0. The molecule has 2 aromatic carbocycles. The average Bonchev–Trinajstić information content (AvgIpc) is 2.75. The normalized spacial score (nSPS) is 10.7. The highest BCUT2D eigenvalue weighted by Gasteiger charge is 2.06. The van der Waals surface area contributed by atoms with Crippen molar-refractivity contribution < 1.29 is 9.18 Å². The number of anilines is 1. The highest BCUT2D eigenvalue weighted by atomic mass is 127. The van der Waals surface area contributed by atoms with Crippen LogP contribution in [0.4, 0.5) is 10.1 Å². The van der Waals surface area contributed by atoms with E-state index in [9.17, 15) is 9.18 Å². The van der Waals surface area contributed by atoms with E-state index in [0.717, 1.165) is 37.5 Å². The fourth-order valence-corrected chi connectivity index (χ4v) is 2.96. The van der Waals surface area contributed by atoms with Crippen LogP contribution in [0.5, 0.6) is 0 Å². The van der Waals surface area contributed by atoms with Crippen molar-refractivity contribution in [2.45, 2.75) is 12.8 Å². The van der Waals surface area contributed by atoms with Gasteiger partial charge in [0.1, 0.15) is 5.82 Å². The van der Waals surface area contributed by atoms with E-state index in [-0.39, 0.29) is 35.7 Å². The second-order valence-corrected chi connectivity index (χ2v) is 6.68. The fourth-order valence-electron chi connectivity index (χ4n) is 2.96. The molecule has 0 aliphatic carbocycles. The lowest BCUT2D eigenvalue weighted by Crippen LogP contribution is -2.39. The lowest BCUT2D eigenvalue weighted by molar-refractivity contribution is 0.0963. The van der Waals surface area contributed by atoms with Gasteiger partial charge in [0.25, 0.3) is 5.91 Å². The third-order valence-corrected chi connectivity index (χ3v) is 4.57. The number of carbonyl (C=O) groups excluding carboxylic acids is 1. The molecule has 0 fully saturated rings. The molecule has 30 heavy (non-hydrogen) atoms. The van der Waals surface area contributed by atoms with E-state index >= 15 is 0 Å². The Morgan fingerprint density at radius 3 is 2.53 bits per heavy atom. The van der Waals surface area contributed by atoms with Gasteiger partial charge in [-0.05, 0) is 42.7 Å². The third-order valence-electron chi connectivity index (χ3n) is 4.57. The molecule has 1 amide bonds. The first-order valence-corrected chi connectivity index (χ1v) is 9.76. The molecule has 0 saturated carbocycles. The van der Waals surface area contributed by atoms with Gasteiger partial charge in [0, 0.05) is 46.3 Å². The highest BCUT2D eigenvalue weighted by Crippen LogP contribution is 2.16. The Morgan fingerprint density at radius 2 is 1.83 bits per heavy atom. The summed E-state index contributed by atoms with van der Waals surface area (Å²) in [5, 5.41) is 9.18. The lowest BCUT2D eigenvalue weighted by Gasteiger charge is -2.20. The molecule has 0 bridgehead atoms. The minimum atomic E-state index is -0.207. The van der Waals surface area contributed by atoms with Crippen LogP contribution in [0.25, 0.3) is 0 Å². The van der Waals surface area contributed by atoms with Crippen molar-refractivity contribution in [1.29, 1.82) is 0 Å². The Labute approximate surface area is 195 Å². The minimum Gasteiger partial charge on any atom is -0.372 e. The summed E-state index contributed by atoms with van der Waals surface area (Å²) in [5.41, 5.74) is 2.35. The number of amides is 1. The summed E-state index contributed by atoms with van der Waals surface area (Å²) in [7, 11) is 5.24. The monoisotopic (exact) mass is 527 g/mol. The number of nitrogens with one attached hydrogen (secondary N) is 3. The zero-order valence-corrected chi connectivity index (χ0v) is 20.1. The van der Waals surface area contributed by atoms with Gasteiger partial charge in [0.05, 0.1) is 5.69 Å². The maximum atomic E-state index is 13.8. The second-order valence-electron chi connectivity index (χ2n) is 6.68. The number of hydrogen-bond acceptors (Lipinski definition) is 3. The van der Waals surface area contributed by atoms with Crippen LogP contribution in [0.15, 0.2) is 53.5 Å². The van der Waals surface area contributed by atoms with Crippen molar-refractivity contribution in [2.75, 3.05) is 45.7 Å². The summed E-state index contributed by atoms with van der Waals surface area (Å²) >= 11 is 0. The topological polar surface area (TPSA) is 68.8 Å². The summed E-state index contributed by atoms with van der Waals surface area (Å²) in [4.78, 5) is 17.9. The SMILES string of the molecule is CN=C(NCCCN(C)c1ccccc1F)NCCc1cccc(C(=O)NC)c1.I. The minimum absolute atomic E-state index is 0. The molecule has 6 nitrogen and oxygen atoms in total. The summed E-state index contributed by atoms with van der Waals surface area (Å²) < 4.78 is 13.8. The molecule has 0 atom stereocenters. The molecular formula is C22H31FIN5O. The van der Waals surface area contributed by atoms with E-state index in [1.165, 1.54) is 6.07 Å². The van der Waals surface area contributed by atoms with Crippen LogP contribution in [0, 0.1) is 5.82 Å². The van der Waals surface area contributed by atoms with Crippen LogP contribution in [-0.4, -0.2) is 52.6 Å². The molecule has 8 heteroatoms. The highest BCUT2D eigenvalue weighted by molar-refractivity contribution is 14.0. The van der Waals surface area contributed by atoms with Gasteiger partial charge >= 0.3 is 0 Å². The molecule has 0 aliphatic heterocycles. The van der Waals surface area contributed by atoms with Gasteiger partial charge in [0.15, 0.2) is 5.96 Å². The molecule has 2 aromatic rings. The molecule has 0 heterocycles. The number of rotatable bonds is 9. The van der Waals surface area contributed by atoms with E-state index in [2.05, 4.69) is 20.9 Å². The van der Waals surface area contributed by atoms with Crippen LogP contribution in [0.3, 0.4) is 0 Å². The maximum Gasteiger partial charge on any atom is 0.251 e. The molecular weight excluding hydrogens is 496 g/mol. The third kappa shape index (κ3) is 8.17. The van der Waals surface area contributed by atoms with Crippen molar-refractivity contribution >= 4 is 41.5 Å². The zero-order chi connectivity index (χ0) is 21.1. The number of carbonyl (C=O) groups is 1. The van der Waals surface area contributed by atoms with E-state index in [0.29, 0.717) is 17.8 Å². The number of para-hydroxylation sites is 1. The standard InChI is InChI=1S/C22H30FN5O.HI/c1-24-21(29)18-9-6-8-17(16-18)12-14-27-22(25-2)26-13-7-15-28(3)20-11-5-4-10-19(20)23;/h4-6,8-11,16H,7,12-15H2,1-3H3,(H,24,29)(H2,25,26,27);1H. The van der Waals surface area contributed by atoms with Gasteiger partial charge in [-0.2, -0.15) is 0 Å². The Kier molecular flexibility index (Phi) is 11.8. The van der Waals surface area contributed by atoms with Crippen LogP contribution < -0.4 is 20.9 Å². The summed E-state index contributed by atoms with van der Waals surface area (Å²) in [6.07, 6.45) is 1.63. The van der Waals surface area contributed by atoms with E-state index in [4.69, 9.17) is 0 Å². The molecule has 3 N–H and O–H groups in total. The summed E-state index contributed by atoms with van der Waals surface area (Å²) in [5.74, 6) is 0.430. The van der Waals surface area contributed by atoms with Crippen molar-refractivity contribution in [3.63, 3.8) is 0 Å². The lowest BCUT2D eigenvalue weighted by atomic mass is 10.1. The largest absolute Gasteiger partial charge is 0.372 e. The Hall–Kier alpha value is -2.36. The fraction of sp³-hybridized carbons (Fsp3) is 0.364. The molecule has 0 aliphatic rings. The van der Waals surface area contributed by atoms with Gasteiger partial charge in [-0.1, -0.05) is 24.3 Å². The molecule has 2 rings (SSSR count). The maximum absolute atomic E-state index is 13.8. The predicted molar refractivity (Wildman–Crippen MR) is 133 cm³/mol. The Balaban J connectivity index is 0.00000450. The first-order valence-electron chi connectivity index (χ1n) is 9.76. The Bertz CT molecular complexity index is 831. The van der Waals surface area contributed by atoms with Crippen LogP contribution in [-0.2, 0) is 6.42 Å². The number of aliphatic imine (C=N–C) groups is 1. The van der Waals surface area contributed by atoms with Crippen molar-refractivity contribution in [3.05, 3.63) is 65.5 Å². The van der Waals surface area contributed by atoms with Crippen LogP contribution >= 0.6 is 24.0 Å². The molecule has 0 aromatic heterocycles. The van der Waals surface area contributed by atoms with E-state index < -0.39 is 0 Å². The quantitative estimate of drug-likeness (QED) is 0.203. The summed E-state index contributed by atoms with van der Waals surface area (Å²) in [6, 6.07) is 14.4. The van der Waals surface area contributed by atoms with Gasteiger partial charge in [-0.25, -0.2) is 4.39 Å². The smallest absolute Gasteiger partial charge is 0.251 e. The summed E-state index contributed by atoms with van der Waals surface area (Å²) in [6.45, 7) is 2.16.